The predicted molar refractivity (Wildman–Crippen MR) is 105 cm³/mol. The quantitative estimate of drug-likeness (QED) is 0.900. The summed E-state index contributed by atoms with van der Waals surface area (Å²) in [5, 5.41) is 3.05. The SMILES string of the molecule is O=C(NCCc1ccccc1)c1ccc2c(c1)CCN(C1=CC=C1)CC2. The van der Waals surface area contributed by atoms with E-state index in [0.29, 0.717) is 6.54 Å². The van der Waals surface area contributed by atoms with E-state index in [2.05, 4.69) is 52.7 Å². The number of carbonyl (C=O) groups excluding carboxylic acids is 1. The van der Waals surface area contributed by atoms with Crippen LogP contribution in [0.15, 0.2) is 72.5 Å². The van der Waals surface area contributed by atoms with E-state index in [-0.39, 0.29) is 5.91 Å². The molecule has 2 aromatic carbocycles. The zero-order valence-electron chi connectivity index (χ0n) is 14.9. The van der Waals surface area contributed by atoms with Crippen molar-refractivity contribution in [2.45, 2.75) is 19.3 Å². The molecule has 0 saturated carbocycles. The van der Waals surface area contributed by atoms with Crippen molar-refractivity contribution >= 4 is 5.91 Å². The van der Waals surface area contributed by atoms with Crippen molar-refractivity contribution in [1.82, 2.24) is 10.2 Å². The second-order valence-electron chi connectivity index (χ2n) is 6.91. The molecule has 2 aliphatic rings. The van der Waals surface area contributed by atoms with Crippen LogP contribution in [0.2, 0.25) is 0 Å². The Balaban J connectivity index is 1.36. The summed E-state index contributed by atoms with van der Waals surface area (Å²) >= 11 is 0. The number of allylic oxidation sites excluding steroid dienone is 3. The first-order chi connectivity index (χ1) is 12.8. The minimum absolute atomic E-state index is 0.0227. The van der Waals surface area contributed by atoms with Gasteiger partial charge in [0, 0.05) is 30.9 Å². The van der Waals surface area contributed by atoms with Gasteiger partial charge in [-0.1, -0.05) is 42.5 Å². The van der Waals surface area contributed by atoms with Gasteiger partial charge in [-0.3, -0.25) is 4.79 Å². The minimum atomic E-state index is 0.0227. The van der Waals surface area contributed by atoms with Gasteiger partial charge in [0.2, 0.25) is 0 Å². The third-order valence-electron chi connectivity index (χ3n) is 5.21. The van der Waals surface area contributed by atoms with E-state index in [1.165, 1.54) is 22.4 Å². The Hall–Kier alpha value is -2.81. The van der Waals surface area contributed by atoms with Crippen molar-refractivity contribution in [3.8, 4) is 0 Å². The molecule has 0 unspecified atom stereocenters. The summed E-state index contributed by atoms with van der Waals surface area (Å²) in [5.74, 6) is 0.0227. The molecule has 0 aromatic heterocycles. The molecule has 1 heterocycles. The predicted octanol–water partition coefficient (Wildman–Crippen LogP) is 3.51. The fraction of sp³-hybridized carbons (Fsp3) is 0.261. The maximum absolute atomic E-state index is 12.5. The molecule has 4 rings (SSSR count). The van der Waals surface area contributed by atoms with Gasteiger partial charge in [-0.15, -0.1) is 0 Å². The van der Waals surface area contributed by atoms with Gasteiger partial charge in [0.05, 0.1) is 0 Å². The summed E-state index contributed by atoms with van der Waals surface area (Å²) in [6.45, 7) is 2.72. The maximum Gasteiger partial charge on any atom is 0.251 e. The van der Waals surface area contributed by atoms with E-state index in [1.807, 2.05) is 24.3 Å². The fourth-order valence-electron chi connectivity index (χ4n) is 3.58. The number of rotatable bonds is 5. The van der Waals surface area contributed by atoms with Gasteiger partial charge in [0.1, 0.15) is 0 Å². The van der Waals surface area contributed by atoms with Crippen molar-refractivity contribution in [1.29, 1.82) is 0 Å². The molecule has 2 aromatic rings. The molecule has 3 heteroatoms. The topological polar surface area (TPSA) is 32.3 Å². The van der Waals surface area contributed by atoms with Crippen LogP contribution in [-0.2, 0) is 19.3 Å². The molecule has 0 atom stereocenters. The van der Waals surface area contributed by atoms with Crippen LogP contribution in [-0.4, -0.2) is 30.4 Å². The highest BCUT2D eigenvalue weighted by molar-refractivity contribution is 5.94. The number of nitrogens with one attached hydrogen (secondary N) is 1. The summed E-state index contributed by atoms with van der Waals surface area (Å²) in [7, 11) is 0. The van der Waals surface area contributed by atoms with E-state index in [9.17, 15) is 4.79 Å². The molecule has 1 N–H and O–H groups in total. The lowest BCUT2D eigenvalue weighted by Crippen LogP contribution is -2.26. The molecule has 1 amide bonds. The molecule has 0 fully saturated rings. The Morgan fingerprint density at radius 2 is 1.77 bits per heavy atom. The van der Waals surface area contributed by atoms with E-state index >= 15 is 0 Å². The van der Waals surface area contributed by atoms with Crippen LogP contribution in [0.4, 0.5) is 0 Å². The third-order valence-corrected chi connectivity index (χ3v) is 5.21. The Kier molecular flexibility index (Phi) is 4.87. The van der Waals surface area contributed by atoms with Crippen molar-refractivity contribution in [3.63, 3.8) is 0 Å². The summed E-state index contributed by atoms with van der Waals surface area (Å²) in [4.78, 5) is 14.9. The van der Waals surface area contributed by atoms with Crippen LogP contribution in [0.3, 0.4) is 0 Å². The Morgan fingerprint density at radius 3 is 2.50 bits per heavy atom. The summed E-state index contributed by atoms with van der Waals surface area (Å²) in [6.07, 6.45) is 9.31. The first-order valence-electron chi connectivity index (χ1n) is 9.37. The smallest absolute Gasteiger partial charge is 0.251 e. The fourth-order valence-corrected chi connectivity index (χ4v) is 3.58. The monoisotopic (exact) mass is 344 g/mol. The lowest BCUT2D eigenvalue weighted by atomic mass is 10.00. The zero-order chi connectivity index (χ0) is 17.8. The number of carbonyl (C=O) groups is 1. The van der Waals surface area contributed by atoms with Crippen LogP contribution < -0.4 is 5.32 Å². The van der Waals surface area contributed by atoms with Gasteiger partial charge < -0.3 is 10.2 Å². The Bertz CT molecular complexity index is 852. The highest BCUT2D eigenvalue weighted by atomic mass is 16.1. The molecule has 3 nitrogen and oxygen atoms in total. The number of benzene rings is 2. The lowest BCUT2D eigenvalue weighted by molar-refractivity contribution is 0.0954. The average Bonchev–Trinajstić information content (AvgIpc) is 2.83. The second-order valence-corrected chi connectivity index (χ2v) is 6.91. The first-order valence-corrected chi connectivity index (χ1v) is 9.37. The van der Waals surface area contributed by atoms with E-state index in [1.54, 1.807) is 0 Å². The van der Waals surface area contributed by atoms with Crippen LogP contribution in [0, 0.1) is 0 Å². The number of amides is 1. The summed E-state index contributed by atoms with van der Waals surface area (Å²) in [6, 6.07) is 16.4. The molecule has 1 aliphatic heterocycles. The summed E-state index contributed by atoms with van der Waals surface area (Å²) < 4.78 is 0. The number of hydrogen-bond acceptors (Lipinski definition) is 2. The van der Waals surface area contributed by atoms with Crippen LogP contribution in [0.1, 0.15) is 27.0 Å². The molecular formula is C23H24N2O. The van der Waals surface area contributed by atoms with Gasteiger partial charge in [-0.05, 0) is 60.2 Å². The normalized spacial score (nSPS) is 15.5. The molecule has 132 valence electrons. The molecular weight excluding hydrogens is 320 g/mol. The van der Waals surface area contributed by atoms with Crippen LogP contribution >= 0.6 is 0 Å². The van der Waals surface area contributed by atoms with Crippen molar-refractivity contribution in [3.05, 3.63) is 94.7 Å². The van der Waals surface area contributed by atoms with Crippen LogP contribution in [0.5, 0.6) is 0 Å². The van der Waals surface area contributed by atoms with E-state index in [4.69, 9.17) is 0 Å². The number of hydrogen-bond donors (Lipinski definition) is 1. The number of fused-ring (bicyclic) bond motifs is 1. The lowest BCUT2D eigenvalue weighted by Gasteiger charge is -2.26. The molecule has 0 radical (unpaired) electrons. The van der Waals surface area contributed by atoms with Gasteiger partial charge in [-0.25, -0.2) is 0 Å². The molecule has 0 saturated heterocycles. The molecule has 0 bridgehead atoms. The largest absolute Gasteiger partial charge is 0.371 e. The highest BCUT2D eigenvalue weighted by Gasteiger charge is 2.17. The van der Waals surface area contributed by atoms with Crippen molar-refractivity contribution in [2.24, 2.45) is 0 Å². The van der Waals surface area contributed by atoms with E-state index in [0.717, 1.165) is 37.9 Å². The maximum atomic E-state index is 12.5. The summed E-state index contributed by atoms with van der Waals surface area (Å²) in [5.41, 5.74) is 6.03. The zero-order valence-corrected chi connectivity index (χ0v) is 14.9. The van der Waals surface area contributed by atoms with Crippen LogP contribution in [0.25, 0.3) is 0 Å². The minimum Gasteiger partial charge on any atom is -0.371 e. The first kappa shape index (κ1) is 16.6. The van der Waals surface area contributed by atoms with Crippen molar-refractivity contribution < 1.29 is 4.79 Å². The second kappa shape index (κ2) is 7.61. The van der Waals surface area contributed by atoms with Gasteiger partial charge >= 0.3 is 0 Å². The van der Waals surface area contributed by atoms with Gasteiger partial charge in [0.25, 0.3) is 5.91 Å². The molecule has 0 spiro atoms. The molecule has 26 heavy (non-hydrogen) atoms. The standard InChI is InChI=1S/C23H24N2O/c26-23(24-14-11-18-5-2-1-3-6-18)21-10-9-19-12-15-25(22-7-4-8-22)16-13-20(19)17-21/h1-10,17H,11-16H2,(H,24,26). The Labute approximate surface area is 155 Å². The third kappa shape index (κ3) is 3.72. The number of nitrogens with zero attached hydrogens (tertiary/aromatic N) is 1. The van der Waals surface area contributed by atoms with E-state index < -0.39 is 0 Å². The Morgan fingerprint density at radius 1 is 1.00 bits per heavy atom. The van der Waals surface area contributed by atoms with Crippen molar-refractivity contribution in [2.75, 3.05) is 19.6 Å². The van der Waals surface area contributed by atoms with Gasteiger partial charge in [0.15, 0.2) is 0 Å². The highest BCUT2D eigenvalue weighted by Crippen LogP contribution is 2.22. The molecule has 1 aliphatic carbocycles. The van der Waals surface area contributed by atoms with Gasteiger partial charge in [-0.2, -0.15) is 0 Å². The average molecular weight is 344 g/mol.